The Morgan fingerprint density at radius 1 is 1.31 bits per heavy atom. The van der Waals surface area contributed by atoms with Crippen LogP contribution in [0, 0.1) is 6.92 Å². The Kier molecular flexibility index (Phi) is 7.51. The first-order valence-corrected chi connectivity index (χ1v) is 10.9. The summed E-state index contributed by atoms with van der Waals surface area (Å²) in [4.78, 5) is 19.6. The Morgan fingerprint density at radius 2 is 2.07 bits per heavy atom. The summed E-state index contributed by atoms with van der Waals surface area (Å²) in [5.74, 6) is 0.743. The Labute approximate surface area is 180 Å². The van der Waals surface area contributed by atoms with Crippen LogP contribution in [0.25, 0.3) is 0 Å². The van der Waals surface area contributed by atoms with Gasteiger partial charge in [0.1, 0.15) is 23.0 Å². The molecule has 158 valence electrons. The highest BCUT2D eigenvalue weighted by Gasteiger charge is 2.36. The lowest BCUT2D eigenvalue weighted by Crippen LogP contribution is -2.35. The summed E-state index contributed by atoms with van der Waals surface area (Å²) >= 11 is 7.43. The van der Waals surface area contributed by atoms with Crippen molar-refractivity contribution in [1.82, 2.24) is 9.88 Å². The normalized spacial score (nSPS) is 19.8. The molecule has 0 saturated carbocycles. The predicted molar refractivity (Wildman–Crippen MR) is 114 cm³/mol. The number of thiazole rings is 1. The van der Waals surface area contributed by atoms with Crippen LogP contribution in [0.15, 0.2) is 24.3 Å². The lowest BCUT2D eigenvalue weighted by molar-refractivity contribution is -0.135. The van der Waals surface area contributed by atoms with Gasteiger partial charge in [-0.25, -0.2) is 4.98 Å². The summed E-state index contributed by atoms with van der Waals surface area (Å²) in [5.41, 5.74) is -0.0676. The number of hydrogen-bond donors (Lipinski definition) is 1. The number of rotatable bonds is 7. The number of ether oxygens (including phenoxy) is 2. The summed E-state index contributed by atoms with van der Waals surface area (Å²) in [6.45, 7) is 3.71. The second-order valence-corrected chi connectivity index (χ2v) is 8.80. The summed E-state index contributed by atoms with van der Waals surface area (Å²) < 4.78 is 10.7. The van der Waals surface area contributed by atoms with Crippen LogP contribution in [-0.4, -0.2) is 54.3 Å². The maximum Gasteiger partial charge on any atom is 0.248 e. The van der Waals surface area contributed by atoms with Crippen LogP contribution in [0.3, 0.4) is 0 Å². The second-order valence-electron chi connectivity index (χ2n) is 7.28. The molecule has 8 heteroatoms. The van der Waals surface area contributed by atoms with E-state index in [1.165, 1.54) is 7.11 Å². The molecule has 1 atom stereocenters. The molecule has 2 heterocycles. The van der Waals surface area contributed by atoms with Crippen LogP contribution in [0.1, 0.15) is 34.8 Å². The topological polar surface area (TPSA) is 71.9 Å². The third-order valence-corrected chi connectivity index (χ3v) is 6.80. The van der Waals surface area contributed by atoms with Gasteiger partial charge in [0, 0.05) is 42.9 Å². The first kappa shape index (κ1) is 22.0. The van der Waals surface area contributed by atoms with E-state index in [2.05, 4.69) is 4.98 Å². The molecule has 2 aromatic rings. The number of aryl methyl sites for hydroxylation is 1. The Bertz CT molecular complexity index is 827. The van der Waals surface area contributed by atoms with Crippen molar-refractivity contribution in [2.75, 3.05) is 33.4 Å². The highest BCUT2D eigenvalue weighted by atomic mass is 35.5. The van der Waals surface area contributed by atoms with Crippen molar-refractivity contribution in [1.29, 1.82) is 0 Å². The number of aromatic nitrogens is 1. The number of methoxy groups -OCH3 is 1. The fourth-order valence-electron chi connectivity index (χ4n) is 3.45. The van der Waals surface area contributed by atoms with E-state index in [1.807, 2.05) is 19.1 Å². The Morgan fingerprint density at radius 3 is 2.79 bits per heavy atom. The third-order valence-electron chi connectivity index (χ3n) is 5.14. The highest BCUT2D eigenvalue weighted by molar-refractivity contribution is 7.11. The van der Waals surface area contributed by atoms with Gasteiger partial charge in [-0.2, -0.15) is 0 Å². The number of halogens is 1. The van der Waals surface area contributed by atoms with Gasteiger partial charge >= 0.3 is 0 Å². The highest BCUT2D eigenvalue weighted by Crippen LogP contribution is 2.36. The predicted octanol–water partition coefficient (Wildman–Crippen LogP) is 3.57. The molecule has 0 bridgehead atoms. The van der Waals surface area contributed by atoms with Crippen LogP contribution >= 0.6 is 22.9 Å². The van der Waals surface area contributed by atoms with Crippen LogP contribution in [-0.2, 0) is 21.6 Å². The molecule has 1 aromatic heterocycles. The van der Waals surface area contributed by atoms with Crippen LogP contribution in [0.4, 0.5) is 0 Å². The van der Waals surface area contributed by atoms with E-state index in [0.717, 1.165) is 34.2 Å². The molecule has 1 aliphatic heterocycles. The summed E-state index contributed by atoms with van der Waals surface area (Å²) in [7, 11) is 1.52. The average Bonchev–Trinajstić information content (AvgIpc) is 2.95. The molecular formula is C21H27ClN2O4S. The lowest BCUT2D eigenvalue weighted by atomic mass is 9.96. The van der Waals surface area contributed by atoms with Crippen molar-refractivity contribution in [3.05, 3.63) is 44.9 Å². The molecule has 1 aromatic carbocycles. The van der Waals surface area contributed by atoms with Gasteiger partial charge in [-0.15, -0.1) is 11.3 Å². The number of hydrogen-bond acceptors (Lipinski definition) is 6. The fourth-order valence-corrected chi connectivity index (χ4v) is 4.76. The van der Waals surface area contributed by atoms with Gasteiger partial charge in [0.25, 0.3) is 0 Å². The molecule has 0 unspecified atom stereocenters. The van der Waals surface area contributed by atoms with E-state index < -0.39 is 5.60 Å². The van der Waals surface area contributed by atoms with E-state index in [4.69, 9.17) is 21.1 Å². The Balaban J connectivity index is 1.60. The first-order valence-electron chi connectivity index (χ1n) is 9.75. The number of amides is 1. The van der Waals surface area contributed by atoms with Crippen LogP contribution < -0.4 is 4.74 Å². The number of carbonyl (C=O) groups excluding carboxylic acids is 1. The fraction of sp³-hybridized carbons (Fsp3) is 0.524. The zero-order chi connectivity index (χ0) is 20.9. The van der Waals surface area contributed by atoms with Gasteiger partial charge in [-0.05, 0) is 44.0 Å². The van der Waals surface area contributed by atoms with E-state index in [0.29, 0.717) is 37.6 Å². The molecule has 6 nitrogen and oxygen atoms in total. The van der Waals surface area contributed by atoms with E-state index in [1.54, 1.807) is 28.4 Å². The number of likely N-dealkylation sites (tertiary alicyclic amines) is 1. The van der Waals surface area contributed by atoms with Crippen molar-refractivity contribution in [3.63, 3.8) is 0 Å². The molecule has 1 N–H and O–H groups in total. The van der Waals surface area contributed by atoms with Crippen molar-refractivity contribution in [2.45, 2.75) is 38.2 Å². The van der Waals surface area contributed by atoms with Gasteiger partial charge in [0.2, 0.25) is 5.91 Å². The third kappa shape index (κ3) is 5.69. The monoisotopic (exact) mass is 438 g/mol. The van der Waals surface area contributed by atoms with Crippen molar-refractivity contribution >= 4 is 28.8 Å². The van der Waals surface area contributed by atoms with Crippen molar-refractivity contribution in [3.8, 4) is 5.75 Å². The van der Waals surface area contributed by atoms with Gasteiger partial charge in [0.15, 0.2) is 0 Å². The Hall–Kier alpha value is -1.67. The number of benzene rings is 1. The molecule has 1 amide bonds. The number of carbonyl (C=O) groups is 1. The number of aliphatic hydroxyl groups is 1. The molecule has 1 aliphatic rings. The van der Waals surface area contributed by atoms with Gasteiger partial charge in [-0.1, -0.05) is 11.6 Å². The molecule has 3 rings (SSSR count). The SMILES string of the molecule is COCC(=O)N1CCC[C@@](O)(c2nc(C)c(CCOc3ccc(Cl)cc3)s2)CC1. The zero-order valence-corrected chi connectivity index (χ0v) is 18.4. The maximum absolute atomic E-state index is 12.1. The van der Waals surface area contributed by atoms with E-state index in [9.17, 15) is 9.90 Å². The van der Waals surface area contributed by atoms with Gasteiger partial charge in [-0.3, -0.25) is 4.79 Å². The molecule has 1 saturated heterocycles. The smallest absolute Gasteiger partial charge is 0.248 e. The van der Waals surface area contributed by atoms with Gasteiger partial charge < -0.3 is 19.5 Å². The molecular weight excluding hydrogens is 412 g/mol. The largest absolute Gasteiger partial charge is 0.493 e. The van der Waals surface area contributed by atoms with Crippen molar-refractivity contribution < 1.29 is 19.4 Å². The minimum Gasteiger partial charge on any atom is -0.493 e. The molecule has 1 fully saturated rings. The van der Waals surface area contributed by atoms with Crippen molar-refractivity contribution in [2.24, 2.45) is 0 Å². The number of nitrogens with zero attached hydrogens (tertiary/aromatic N) is 2. The lowest BCUT2D eigenvalue weighted by Gasteiger charge is -2.24. The zero-order valence-electron chi connectivity index (χ0n) is 16.8. The van der Waals surface area contributed by atoms with E-state index in [-0.39, 0.29) is 12.5 Å². The summed E-state index contributed by atoms with van der Waals surface area (Å²) in [6, 6.07) is 7.29. The molecule has 0 aliphatic carbocycles. The minimum atomic E-state index is -0.993. The standard InChI is InChI=1S/C21H27ClN2O4S/c1-15-18(8-13-28-17-6-4-16(22)5-7-17)29-20(23-15)21(26)9-3-11-24(12-10-21)19(25)14-27-2/h4-7,26H,3,8-14H2,1-2H3/t21-/m0/s1. The van der Waals surface area contributed by atoms with Crippen LogP contribution in [0.5, 0.6) is 5.75 Å². The quantitative estimate of drug-likeness (QED) is 0.715. The van der Waals surface area contributed by atoms with E-state index >= 15 is 0 Å². The second kappa shape index (κ2) is 9.89. The molecule has 29 heavy (non-hydrogen) atoms. The summed E-state index contributed by atoms with van der Waals surface area (Å²) in [5, 5.41) is 12.7. The summed E-state index contributed by atoms with van der Waals surface area (Å²) in [6.07, 6.45) is 2.54. The molecule has 0 spiro atoms. The average molecular weight is 439 g/mol. The minimum absolute atomic E-state index is 0.0351. The first-order chi connectivity index (χ1) is 13.9. The molecule has 0 radical (unpaired) electrons. The maximum atomic E-state index is 12.1. The van der Waals surface area contributed by atoms with Gasteiger partial charge in [0.05, 0.1) is 12.3 Å². The van der Waals surface area contributed by atoms with Crippen LogP contribution in [0.2, 0.25) is 5.02 Å².